The molecule has 1 aromatic rings. The smallest absolute Gasteiger partial charge is 0.323 e. The number of halogens is 1. The molecule has 0 aromatic heterocycles. The largest absolute Gasteiger partial charge is 0.480 e. The fraction of sp³-hybridized carbons (Fsp3) is 0.364. The van der Waals surface area contributed by atoms with E-state index in [1.54, 1.807) is 12.1 Å². The van der Waals surface area contributed by atoms with E-state index in [1.807, 2.05) is 0 Å². The number of hydrogen-bond donors (Lipinski definition) is 2. The predicted molar refractivity (Wildman–Crippen MR) is 54.5 cm³/mol. The summed E-state index contributed by atoms with van der Waals surface area (Å²) < 4.78 is 18.3. The first kappa shape index (κ1) is 11.0. The van der Waals surface area contributed by atoms with E-state index in [9.17, 15) is 9.18 Å². The maximum Gasteiger partial charge on any atom is 0.323 e. The van der Waals surface area contributed by atoms with Gasteiger partial charge in [-0.25, -0.2) is 4.39 Å². The summed E-state index contributed by atoms with van der Waals surface area (Å²) in [6.45, 7) is 0.469. The SMILES string of the molecule is O=C(O)C1COC(c2cccc(F)c2)CN1. The van der Waals surface area contributed by atoms with Gasteiger partial charge in [-0.05, 0) is 17.7 Å². The second kappa shape index (κ2) is 4.59. The van der Waals surface area contributed by atoms with Crippen molar-refractivity contribution in [1.82, 2.24) is 5.32 Å². The predicted octanol–water partition coefficient (Wildman–Crippen LogP) is 0.940. The highest BCUT2D eigenvalue weighted by Crippen LogP contribution is 2.20. The van der Waals surface area contributed by atoms with E-state index in [-0.39, 0.29) is 18.5 Å². The highest BCUT2D eigenvalue weighted by Gasteiger charge is 2.26. The first-order valence-electron chi connectivity index (χ1n) is 5.00. The van der Waals surface area contributed by atoms with Crippen LogP contribution >= 0.6 is 0 Å². The van der Waals surface area contributed by atoms with Crippen LogP contribution in [0.25, 0.3) is 0 Å². The lowest BCUT2D eigenvalue weighted by atomic mass is 10.1. The third-order valence-electron chi connectivity index (χ3n) is 2.53. The zero-order chi connectivity index (χ0) is 11.5. The summed E-state index contributed by atoms with van der Waals surface area (Å²) in [5, 5.41) is 11.6. The number of carboxylic acid groups (broad SMARTS) is 1. The minimum absolute atomic E-state index is 0.0938. The number of morpholine rings is 1. The van der Waals surface area contributed by atoms with Crippen LogP contribution in [0, 0.1) is 5.82 Å². The second-order valence-electron chi connectivity index (χ2n) is 3.68. The summed E-state index contributed by atoms with van der Waals surface area (Å²) in [5.74, 6) is -1.25. The molecule has 1 saturated heterocycles. The van der Waals surface area contributed by atoms with Crippen molar-refractivity contribution in [2.45, 2.75) is 12.1 Å². The van der Waals surface area contributed by atoms with E-state index >= 15 is 0 Å². The Hall–Kier alpha value is -1.46. The van der Waals surface area contributed by atoms with Gasteiger partial charge in [0.25, 0.3) is 0 Å². The summed E-state index contributed by atoms with van der Waals surface area (Å²) in [5.41, 5.74) is 0.719. The van der Waals surface area contributed by atoms with Crippen LogP contribution in [0.15, 0.2) is 24.3 Å². The Kier molecular flexibility index (Phi) is 3.17. The van der Waals surface area contributed by atoms with Crippen molar-refractivity contribution in [1.29, 1.82) is 0 Å². The monoisotopic (exact) mass is 225 g/mol. The normalized spacial score (nSPS) is 25.3. The van der Waals surface area contributed by atoms with Crippen LogP contribution in [0.1, 0.15) is 11.7 Å². The minimum atomic E-state index is -0.933. The average Bonchev–Trinajstić information content (AvgIpc) is 2.29. The van der Waals surface area contributed by atoms with Gasteiger partial charge in [-0.15, -0.1) is 0 Å². The molecule has 2 N–H and O–H groups in total. The van der Waals surface area contributed by atoms with Crippen LogP contribution in [0.3, 0.4) is 0 Å². The fourth-order valence-electron chi connectivity index (χ4n) is 1.66. The Balaban J connectivity index is 2.01. The number of carboxylic acids is 1. The molecule has 0 saturated carbocycles. The molecule has 0 spiro atoms. The van der Waals surface area contributed by atoms with Gasteiger partial charge in [0.05, 0.1) is 12.7 Å². The van der Waals surface area contributed by atoms with Crippen molar-refractivity contribution < 1.29 is 19.0 Å². The molecule has 5 heteroatoms. The molecule has 4 nitrogen and oxygen atoms in total. The zero-order valence-corrected chi connectivity index (χ0v) is 8.52. The van der Waals surface area contributed by atoms with E-state index in [4.69, 9.17) is 9.84 Å². The highest BCUT2D eigenvalue weighted by atomic mass is 19.1. The molecule has 0 aliphatic carbocycles. The second-order valence-corrected chi connectivity index (χ2v) is 3.68. The van der Waals surface area contributed by atoms with Crippen LogP contribution in [-0.4, -0.2) is 30.3 Å². The summed E-state index contributed by atoms with van der Waals surface area (Å²) in [7, 11) is 0. The van der Waals surface area contributed by atoms with Crippen LogP contribution in [0.4, 0.5) is 4.39 Å². The summed E-state index contributed by atoms with van der Waals surface area (Å²) in [6, 6.07) is 5.45. The van der Waals surface area contributed by atoms with Gasteiger partial charge in [0.15, 0.2) is 0 Å². The Bertz CT molecular complexity index is 389. The third kappa shape index (κ3) is 2.37. The molecule has 2 unspecified atom stereocenters. The van der Waals surface area contributed by atoms with E-state index in [2.05, 4.69) is 5.32 Å². The number of nitrogens with one attached hydrogen (secondary N) is 1. The Labute approximate surface area is 92.0 Å². The molecule has 16 heavy (non-hydrogen) atoms. The first-order chi connectivity index (χ1) is 7.66. The van der Waals surface area contributed by atoms with Gasteiger partial charge in [0, 0.05) is 6.54 Å². The number of benzene rings is 1. The zero-order valence-electron chi connectivity index (χ0n) is 8.52. The molecule has 0 radical (unpaired) electrons. The minimum Gasteiger partial charge on any atom is -0.480 e. The molecule has 86 valence electrons. The Morgan fingerprint density at radius 1 is 1.56 bits per heavy atom. The van der Waals surface area contributed by atoms with Crippen molar-refractivity contribution in [2.24, 2.45) is 0 Å². The third-order valence-corrected chi connectivity index (χ3v) is 2.53. The Morgan fingerprint density at radius 3 is 2.94 bits per heavy atom. The van der Waals surface area contributed by atoms with Crippen molar-refractivity contribution in [3.05, 3.63) is 35.6 Å². The molecule has 1 aliphatic heterocycles. The van der Waals surface area contributed by atoms with Crippen molar-refractivity contribution in [3.8, 4) is 0 Å². The molecule has 0 amide bonds. The summed E-state index contributed by atoms with van der Waals surface area (Å²) in [6.07, 6.45) is -0.286. The lowest BCUT2D eigenvalue weighted by Crippen LogP contribution is -2.47. The number of aliphatic carboxylic acids is 1. The van der Waals surface area contributed by atoms with Gasteiger partial charge in [-0.2, -0.15) is 0 Å². The maximum atomic E-state index is 13.0. The number of hydrogen-bond acceptors (Lipinski definition) is 3. The average molecular weight is 225 g/mol. The van der Waals surface area contributed by atoms with Gasteiger partial charge in [-0.1, -0.05) is 12.1 Å². The topological polar surface area (TPSA) is 58.6 Å². The summed E-state index contributed by atoms with van der Waals surface area (Å²) in [4.78, 5) is 10.6. The number of rotatable bonds is 2. The molecule has 1 aromatic carbocycles. The molecule has 1 heterocycles. The van der Waals surface area contributed by atoms with E-state index in [1.165, 1.54) is 12.1 Å². The lowest BCUT2D eigenvalue weighted by molar-refractivity contribution is -0.144. The molecular formula is C11H12FNO3. The molecule has 1 fully saturated rings. The van der Waals surface area contributed by atoms with E-state index in [0.717, 1.165) is 5.56 Å². The number of carbonyl (C=O) groups is 1. The number of ether oxygens (including phenoxy) is 1. The molecule has 0 bridgehead atoms. The van der Waals surface area contributed by atoms with Gasteiger partial charge in [-0.3, -0.25) is 10.1 Å². The summed E-state index contributed by atoms with van der Waals surface area (Å²) >= 11 is 0. The van der Waals surface area contributed by atoms with Gasteiger partial charge in [0.2, 0.25) is 0 Å². The van der Waals surface area contributed by atoms with Crippen molar-refractivity contribution >= 4 is 5.97 Å². The first-order valence-corrected chi connectivity index (χ1v) is 5.00. The van der Waals surface area contributed by atoms with Gasteiger partial charge < -0.3 is 9.84 Å². The maximum absolute atomic E-state index is 13.0. The van der Waals surface area contributed by atoms with E-state index in [0.29, 0.717) is 6.54 Å². The highest BCUT2D eigenvalue weighted by molar-refractivity contribution is 5.73. The molecule has 2 rings (SSSR count). The standard InChI is InChI=1S/C11H12FNO3/c12-8-3-1-2-7(4-8)10-5-13-9(6-16-10)11(14)15/h1-4,9-10,13H,5-6H2,(H,14,15). The van der Waals surface area contributed by atoms with E-state index < -0.39 is 12.0 Å². The van der Waals surface area contributed by atoms with Crippen LogP contribution in [-0.2, 0) is 9.53 Å². The quantitative estimate of drug-likeness (QED) is 0.786. The lowest BCUT2D eigenvalue weighted by Gasteiger charge is -2.28. The molecule has 1 aliphatic rings. The van der Waals surface area contributed by atoms with Crippen LogP contribution in [0.5, 0.6) is 0 Å². The van der Waals surface area contributed by atoms with Gasteiger partial charge >= 0.3 is 5.97 Å². The van der Waals surface area contributed by atoms with Crippen molar-refractivity contribution in [2.75, 3.05) is 13.2 Å². The molecule has 2 atom stereocenters. The Morgan fingerprint density at radius 2 is 2.38 bits per heavy atom. The van der Waals surface area contributed by atoms with Crippen LogP contribution in [0.2, 0.25) is 0 Å². The molecular weight excluding hydrogens is 213 g/mol. The van der Waals surface area contributed by atoms with Crippen molar-refractivity contribution in [3.63, 3.8) is 0 Å². The fourth-order valence-corrected chi connectivity index (χ4v) is 1.66. The van der Waals surface area contributed by atoms with Crippen LogP contribution < -0.4 is 5.32 Å². The van der Waals surface area contributed by atoms with Gasteiger partial charge in [0.1, 0.15) is 11.9 Å².